The number of nitrogens with zero attached hydrogens (tertiary/aromatic N) is 7. The van der Waals surface area contributed by atoms with Gasteiger partial charge in [0.25, 0.3) is 0 Å². The summed E-state index contributed by atoms with van der Waals surface area (Å²) in [5.41, 5.74) is 3.65. The van der Waals surface area contributed by atoms with Gasteiger partial charge in [0.05, 0.1) is 41.7 Å². The number of carbonyl (C=O) groups is 1. The van der Waals surface area contributed by atoms with Gasteiger partial charge in [-0.05, 0) is 0 Å². The number of hydrogen-bond acceptors (Lipinski definition) is 10. The Balaban J connectivity index is 1.62. The molecule has 10 nitrogen and oxygen atoms in total. The number of aromatic amines is 1. The van der Waals surface area contributed by atoms with E-state index in [4.69, 9.17) is 0 Å². The van der Waals surface area contributed by atoms with Gasteiger partial charge in [-0.15, -0.1) is 22.7 Å². The largest absolute Gasteiger partial charge is 0.389 e. The monoisotopic (exact) mass is 430 g/mol. The van der Waals surface area contributed by atoms with Crippen molar-refractivity contribution < 1.29 is 9.90 Å². The van der Waals surface area contributed by atoms with E-state index in [0.717, 1.165) is 38.6 Å². The van der Waals surface area contributed by atoms with Gasteiger partial charge >= 0.3 is 0 Å². The fourth-order valence-electron chi connectivity index (χ4n) is 2.90. The average Bonchev–Trinajstić information content (AvgIpc) is 3.48. The molecule has 150 valence electrons. The van der Waals surface area contributed by atoms with Crippen LogP contribution in [0.3, 0.4) is 0 Å². The SMILES string of the molecule is CN(Cc1cn[nH]n1)/N=C\c1c(C=O)n(C)c2nc(Cc3csc(CO)n3)sc12. The molecule has 0 aliphatic heterocycles. The molecule has 0 bridgehead atoms. The summed E-state index contributed by atoms with van der Waals surface area (Å²) in [6.07, 6.45) is 4.72. The van der Waals surface area contributed by atoms with E-state index in [0.29, 0.717) is 23.7 Å². The number of H-pyrrole nitrogens is 1. The van der Waals surface area contributed by atoms with Gasteiger partial charge in [-0.3, -0.25) is 9.80 Å². The van der Waals surface area contributed by atoms with Gasteiger partial charge in [0.15, 0.2) is 11.9 Å². The highest BCUT2D eigenvalue weighted by atomic mass is 32.1. The first-order chi connectivity index (χ1) is 14.1. The highest BCUT2D eigenvalue weighted by molar-refractivity contribution is 7.19. The second kappa shape index (κ2) is 8.19. The minimum absolute atomic E-state index is 0.0598. The molecule has 2 N–H and O–H groups in total. The van der Waals surface area contributed by atoms with Crippen molar-refractivity contribution in [3.63, 3.8) is 0 Å². The Kier molecular flexibility index (Phi) is 5.47. The zero-order chi connectivity index (χ0) is 20.4. The third-order valence-electron chi connectivity index (χ3n) is 4.27. The van der Waals surface area contributed by atoms with E-state index < -0.39 is 0 Å². The fourth-order valence-corrected chi connectivity index (χ4v) is 4.68. The van der Waals surface area contributed by atoms with Crippen molar-refractivity contribution in [3.8, 4) is 0 Å². The maximum absolute atomic E-state index is 11.7. The molecule has 0 radical (unpaired) electrons. The van der Waals surface area contributed by atoms with Crippen LogP contribution in [0.15, 0.2) is 16.7 Å². The Morgan fingerprint density at radius 1 is 1.34 bits per heavy atom. The number of aldehydes is 1. The van der Waals surface area contributed by atoms with E-state index in [1.165, 1.54) is 22.7 Å². The predicted molar refractivity (Wildman–Crippen MR) is 110 cm³/mol. The quantitative estimate of drug-likeness (QED) is 0.247. The lowest BCUT2D eigenvalue weighted by Gasteiger charge is -2.09. The summed E-state index contributed by atoms with van der Waals surface area (Å²) in [6.45, 7) is 0.431. The molecule has 0 unspecified atom stereocenters. The molecule has 0 saturated carbocycles. The summed E-state index contributed by atoms with van der Waals surface area (Å²) < 4.78 is 2.68. The van der Waals surface area contributed by atoms with Crippen molar-refractivity contribution in [1.82, 2.24) is 35.0 Å². The first-order valence-electron chi connectivity index (χ1n) is 8.66. The third-order valence-corrected chi connectivity index (χ3v) is 6.23. The van der Waals surface area contributed by atoms with Crippen LogP contribution in [-0.2, 0) is 26.6 Å². The number of nitrogens with one attached hydrogen (secondary N) is 1. The Labute approximate surface area is 173 Å². The molecule has 0 saturated heterocycles. The molecule has 4 aromatic heterocycles. The summed E-state index contributed by atoms with van der Waals surface area (Å²) in [7, 11) is 3.64. The molecule has 12 heteroatoms. The number of thiazole rings is 2. The zero-order valence-electron chi connectivity index (χ0n) is 15.7. The van der Waals surface area contributed by atoms with Crippen LogP contribution in [0.5, 0.6) is 0 Å². The maximum Gasteiger partial charge on any atom is 0.167 e. The van der Waals surface area contributed by atoms with Crippen LogP contribution in [0.4, 0.5) is 0 Å². The number of aryl methyl sites for hydroxylation is 1. The molecule has 4 aromatic rings. The normalized spacial score (nSPS) is 11.7. The predicted octanol–water partition coefficient (Wildman–Crippen LogP) is 1.57. The van der Waals surface area contributed by atoms with Crippen molar-refractivity contribution >= 4 is 45.5 Å². The minimum Gasteiger partial charge on any atom is -0.389 e. The summed E-state index contributed by atoms with van der Waals surface area (Å²) in [5.74, 6) is 0. The van der Waals surface area contributed by atoms with Crippen molar-refractivity contribution in [3.05, 3.63) is 44.2 Å². The van der Waals surface area contributed by atoms with E-state index in [2.05, 4.69) is 30.5 Å². The molecule has 0 fully saturated rings. The number of hydrazone groups is 1. The van der Waals surface area contributed by atoms with Crippen LogP contribution in [0.25, 0.3) is 10.3 Å². The number of hydrogen-bond donors (Lipinski definition) is 2. The van der Waals surface area contributed by atoms with Gasteiger partial charge in [0.2, 0.25) is 0 Å². The average molecular weight is 431 g/mol. The van der Waals surface area contributed by atoms with Crippen LogP contribution < -0.4 is 0 Å². The molecule has 0 atom stereocenters. The summed E-state index contributed by atoms with van der Waals surface area (Å²) in [6, 6.07) is 0. The molecular formula is C17H18N8O2S2. The van der Waals surface area contributed by atoms with Gasteiger partial charge in [-0.25, -0.2) is 9.97 Å². The number of fused-ring (bicyclic) bond motifs is 1. The number of carbonyl (C=O) groups excluding carboxylic acids is 1. The molecule has 29 heavy (non-hydrogen) atoms. The van der Waals surface area contributed by atoms with Crippen LogP contribution >= 0.6 is 22.7 Å². The summed E-state index contributed by atoms with van der Waals surface area (Å²) in [4.78, 5) is 20.7. The molecular weight excluding hydrogens is 412 g/mol. The standard InChI is InChI=1S/C17H18N8O2S2/c1-24(6-11-4-18-23-22-11)19-5-12-13(7-26)25(2)17-16(12)29-14(21-17)3-10-9-28-15(8-27)20-10/h4-5,7,9,27H,3,6,8H2,1-2H3,(H,18,22,23)/b19-5-. The second-order valence-corrected chi connectivity index (χ2v) is 8.35. The van der Waals surface area contributed by atoms with Gasteiger partial charge in [-0.2, -0.15) is 20.5 Å². The topological polar surface area (TPSA) is 125 Å². The molecule has 0 aliphatic rings. The van der Waals surface area contributed by atoms with Gasteiger partial charge in [0, 0.05) is 31.5 Å². The third kappa shape index (κ3) is 3.95. The van der Waals surface area contributed by atoms with Crippen LogP contribution in [-0.4, -0.2) is 59.6 Å². The summed E-state index contributed by atoms with van der Waals surface area (Å²) in [5, 5.41) is 29.2. The van der Waals surface area contributed by atoms with E-state index >= 15 is 0 Å². The Hall–Kier alpha value is -2.96. The van der Waals surface area contributed by atoms with E-state index in [1.54, 1.807) is 22.0 Å². The number of aliphatic hydroxyl groups is 1. The Bertz CT molecular complexity index is 1160. The number of aromatic nitrogens is 6. The van der Waals surface area contributed by atoms with Gasteiger partial charge in [-0.1, -0.05) is 0 Å². The van der Waals surface area contributed by atoms with Crippen LogP contribution in [0, 0.1) is 0 Å². The zero-order valence-corrected chi connectivity index (χ0v) is 17.4. The summed E-state index contributed by atoms with van der Waals surface area (Å²) >= 11 is 2.95. The van der Waals surface area contributed by atoms with Crippen molar-refractivity contribution in [2.45, 2.75) is 19.6 Å². The highest BCUT2D eigenvalue weighted by Crippen LogP contribution is 2.30. The van der Waals surface area contributed by atoms with Gasteiger partial charge < -0.3 is 9.67 Å². The van der Waals surface area contributed by atoms with E-state index in [9.17, 15) is 9.90 Å². The second-order valence-electron chi connectivity index (χ2n) is 6.33. The number of rotatable bonds is 8. The Morgan fingerprint density at radius 3 is 2.90 bits per heavy atom. The van der Waals surface area contributed by atoms with Crippen LogP contribution in [0.1, 0.15) is 37.5 Å². The highest BCUT2D eigenvalue weighted by Gasteiger charge is 2.19. The molecule has 0 spiro atoms. The van der Waals surface area contributed by atoms with E-state index in [1.807, 2.05) is 19.5 Å². The molecule has 0 amide bonds. The Morgan fingerprint density at radius 2 is 2.21 bits per heavy atom. The first-order valence-corrected chi connectivity index (χ1v) is 10.4. The fraction of sp³-hybridized carbons (Fsp3) is 0.294. The van der Waals surface area contributed by atoms with Crippen molar-refractivity contribution in [2.24, 2.45) is 12.1 Å². The molecule has 4 heterocycles. The number of aliphatic hydroxyl groups excluding tert-OH is 1. The maximum atomic E-state index is 11.7. The van der Waals surface area contributed by atoms with Crippen LogP contribution in [0.2, 0.25) is 0 Å². The van der Waals surface area contributed by atoms with Crippen molar-refractivity contribution in [2.75, 3.05) is 7.05 Å². The molecule has 4 rings (SSSR count). The van der Waals surface area contributed by atoms with Gasteiger partial charge in [0.1, 0.15) is 15.7 Å². The first kappa shape index (κ1) is 19.4. The smallest absolute Gasteiger partial charge is 0.167 e. The van der Waals surface area contributed by atoms with E-state index in [-0.39, 0.29) is 6.61 Å². The lowest BCUT2D eigenvalue weighted by molar-refractivity contribution is 0.111. The lowest BCUT2D eigenvalue weighted by Crippen LogP contribution is -2.11. The molecule has 0 aromatic carbocycles. The lowest BCUT2D eigenvalue weighted by atomic mass is 10.3. The molecule has 0 aliphatic carbocycles. The van der Waals surface area contributed by atoms with Crippen molar-refractivity contribution in [1.29, 1.82) is 0 Å². The minimum atomic E-state index is -0.0598.